The van der Waals surface area contributed by atoms with Crippen LogP contribution < -0.4 is 0 Å². The molecule has 0 bridgehead atoms. The molecule has 0 saturated carbocycles. The van der Waals surface area contributed by atoms with Gasteiger partial charge in [0.15, 0.2) is 5.82 Å². The molecular formula is C11H20N4. The number of nitrogens with zero attached hydrogens (tertiary/aromatic N) is 3. The predicted molar refractivity (Wildman–Crippen MR) is 59.8 cm³/mol. The minimum absolute atomic E-state index is 0.977. The van der Waals surface area contributed by atoms with E-state index in [9.17, 15) is 0 Å². The van der Waals surface area contributed by atoms with Gasteiger partial charge in [0.25, 0.3) is 0 Å². The zero-order chi connectivity index (χ0) is 10.5. The van der Waals surface area contributed by atoms with Crippen molar-refractivity contribution in [2.45, 2.75) is 39.0 Å². The molecule has 2 heterocycles. The van der Waals surface area contributed by atoms with Crippen LogP contribution in [0, 0.1) is 0 Å². The van der Waals surface area contributed by atoms with Crippen molar-refractivity contribution in [1.82, 2.24) is 20.1 Å². The number of rotatable bonds is 5. The average Bonchev–Trinajstić information content (AvgIpc) is 2.85. The molecule has 84 valence electrons. The maximum Gasteiger partial charge on any atom is 0.151 e. The Morgan fingerprint density at radius 3 is 2.80 bits per heavy atom. The Bertz CT molecular complexity index is 289. The lowest BCUT2D eigenvalue weighted by molar-refractivity contribution is 0.341. The molecule has 0 unspecified atom stereocenters. The molecule has 0 aliphatic carbocycles. The van der Waals surface area contributed by atoms with Crippen LogP contribution in [0.1, 0.15) is 37.8 Å². The topological polar surface area (TPSA) is 44.8 Å². The monoisotopic (exact) mass is 208 g/mol. The smallest absolute Gasteiger partial charge is 0.151 e. The third-order valence-electron chi connectivity index (χ3n) is 2.92. The zero-order valence-corrected chi connectivity index (χ0v) is 9.50. The van der Waals surface area contributed by atoms with E-state index in [1.165, 1.54) is 25.9 Å². The molecule has 1 aliphatic rings. The fourth-order valence-electron chi connectivity index (χ4n) is 2.06. The van der Waals surface area contributed by atoms with Crippen LogP contribution in [0.15, 0.2) is 0 Å². The lowest BCUT2D eigenvalue weighted by Crippen LogP contribution is -2.22. The van der Waals surface area contributed by atoms with Crippen LogP contribution in [-0.2, 0) is 12.8 Å². The lowest BCUT2D eigenvalue weighted by Gasteiger charge is -2.12. The molecule has 1 fully saturated rings. The van der Waals surface area contributed by atoms with Crippen LogP contribution in [0.4, 0.5) is 0 Å². The second kappa shape index (κ2) is 5.26. The van der Waals surface area contributed by atoms with Gasteiger partial charge in [-0.05, 0) is 32.4 Å². The number of aryl methyl sites for hydroxylation is 1. The minimum atomic E-state index is 0.977. The summed E-state index contributed by atoms with van der Waals surface area (Å²) in [5, 5.41) is 7.24. The molecule has 1 aromatic rings. The first-order valence-electron chi connectivity index (χ1n) is 6.01. The van der Waals surface area contributed by atoms with Gasteiger partial charge in [0.2, 0.25) is 0 Å². The molecule has 2 rings (SSSR count). The van der Waals surface area contributed by atoms with E-state index in [0.29, 0.717) is 0 Å². The van der Waals surface area contributed by atoms with E-state index in [-0.39, 0.29) is 0 Å². The number of nitrogens with one attached hydrogen (secondary N) is 1. The van der Waals surface area contributed by atoms with Crippen molar-refractivity contribution in [2.24, 2.45) is 0 Å². The van der Waals surface area contributed by atoms with Gasteiger partial charge in [-0.2, -0.15) is 5.10 Å². The van der Waals surface area contributed by atoms with Crippen LogP contribution in [-0.4, -0.2) is 39.7 Å². The van der Waals surface area contributed by atoms with Gasteiger partial charge in [-0.25, -0.2) is 4.98 Å². The third kappa shape index (κ3) is 3.02. The van der Waals surface area contributed by atoms with Gasteiger partial charge in [0, 0.05) is 19.4 Å². The molecule has 0 aromatic carbocycles. The summed E-state index contributed by atoms with van der Waals surface area (Å²) in [6, 6.07) is 0. The summed E-state index contributed by atoms with van der Waals surface area (Å²) in [4.78, 5) is 6.96. The van der Waals surface area contributed by atoms with Crippen molar-refractivity contribution >= 4 is 0 Å². The van der Waals surface area contributed by atoms with E-state index in [0.717, 1.165) is 37.5 Å². The van der Waals surface area contributed by atoms with Crippen molar-refractivity contribution in [2.75, 3.05) is 19.6 Å². The van der Waals surface area contributed by atoms with Gasteiger partial charge in [-0.3, -0.25) is 5.10 Å². The maximum absolute atomic E-state index is 4.47. The van der Waals surface area contributed by atoms with Gasteiger partial charge < -0.3 is 4.90 Å². The molecule has 4 heteroatoms. The van der Waals surface area contributed by atoms with Crippen LogP contribution >= 0.6 is 0 Å². The highest BCUT2D eigenvalue weighted by Crippen LogP contribution is 2.07. The number of hydrogen-bond acceptors (Lipinski definition) is 3. The fourth-order valence-corrected chi connectivity index (χ4v) is 2.06. The predicted octanol–water partition coefficient (Wildman–Crippen LogP) is 1.40. The Hall–Kier alpha value is -0.900. The SMILES string of the molecule is CCCc1nc(CCN2CCCC2)n[nH]1. The summed E-state index contributed by atoms with van der Waals surface area (Å²) in [6.45, 7) is 5.79. The summed E-state index contributed by atoms with van der Waals surface area (Å²) in [5.41, 5.74) is 0. The summed E-state index contributed by atoms with van der Waals surface area (Å²) in [6.07, 6.45) is 5.84. The highest BCUT2D eigenvalue weighted by atomic mass is 15.2. The van der Waals surface area contributed by atoms with Crippen molar-refractivity contribution in [3.8, 4) is 0 Å². The van der Waals surface area contributed by atoms with Crippen LogP contribution in [0.3, 0.4) is 0 Å². The molecule has 0 radical (unpaired) electrons. The standard InChI is InChI=1S/C11H20N4/c1-2-5-10-12-11(14-13-10)6-9-15-7-3-4-8-15/h2-9H2,1H3,(H,12,13,14). The van der Waals surface area contributed by atoms with E-state index >= 15 is 0 Å². The van der Waals surface area contributed by atoms with E-state index in [1.54, 1.807) is 0 Å². The second-order valence-electron chi connectivity index (χ2n) is 4.25. The Balaban J connectivity index is 1.77. The normalized spacial score (nSPS) is 17.4. The Kier molecular flexibility index (Phi) is 3.72. The van der Waals surface area contributed by atoms with E-state index < -0.39 is 0 Å². The summed E-state index contributed by atoms with van der Waals surface area (Å²) < 4.78 is 0. The fraction of sp³-hybridized carbons (Fsp3) is 0.818. The van der Waals surface area contributed by atoms with Crippen LogP contribution in [0.25, 0.3) is 0 Å². The highest BCUT2D eigenvalue weighted by molar-refractivity contribution is 4.91. The molecule has 0 spiro atoms. The number of hydrogen-bond donors (Lipinski definition) is 1. The van der Waals surface area contributed by atoms with Gasteiger partial charge in [-0.15, -0.1) is 0 Å². The summed E-state index contributed by atoms with van der Waals surface area (Å²) in [7, 11) is 0. The maximum atomic E-state index is 4.47. The molecular weight excluding hydrogens is 188 g/mol. The summed E-state index contributed by atoms with van der Waals surface area (Å²) in [5.74, 6) is 2.01. The average molecular weight is 208 g/mol. The number of likely N-dealkylation sites (tertiary alicyclic amines) is 1. The quantitative estimate of drug-likeness (QED) is 0.795. The lowest BCUT2D eigenvalue weighted by atomic mass is 10.3. The Labute approximate surface area is 91.1 Å². The van der Waals surface area contributed by atoms with Gasteiger partial charge in [-0.1, -0.05) is 6.92 Å². The molecule has 15 heavy (non-hydrogen) atoms. The van der Waals surface area contributed by atoms with Gasteiger partial charge in [0.05, 0.1) is 0 Å². The van der Waals surface area contributed by atoms with Crippen molar-refractivity contribution in [1.29, 1.82) is 0 Å². The first-order chi connectivity index (χ1) is 7.38. The van der Waals surface area contributed by atoms with Crippen LogP contribution in [0.5, 0.6) is 0 Å². The largest absolute Gasteiger partial charge is 0.303 e. The molecule has 1 N–H and O–H groups in total. The number of aromatic nitrogens is 3. The first kappa shape index (κ1) is 10.6. The molecule has 0 amide bonds. The number of H-pyrrole nitrogens is 1. The second-order valence-corrected chi connectivity index (χ2v) is 4.25. The summed E-state index contributed by atoms with van der Waals surface area (Å²) >= 11 is 0. The van der Waals surface area contributed by atoms with Gasteiger partial charge >= 0.3 is 0 Å². The van der Waals surface area contributed by atoms with Crippen LogP contribution in [0.2, 0.25) is 0 Å². The molecule has 4 nitrogen and oxygen atoms in total. The van der Waals surface area contributed by atoms with Crippen molar-refractivity contribution in [3.63, 3.8) is 0 Å². The Morgan fingerprint density at radius 2 is 2.07 bits per heavy atom. The highest BCUT2D eigenvalue weighted by Gasteiger charge is 2.12. The van der Waals surface area contributed by atoms with Crippen molar-refractivity contribution in [3.05, 3.63) is 11.6 Å². The van der Waals surface area contributed by atoms with E-state index in [4.69, 9.17) is 0 Å². The Morgan fingerprint density at radius 1 is 1.27 bits per heavy atom. The number of aromatic amines is 1. The molecule has 1 aromatic heterocycles. The first-order valence-corrected chi connectivity index (χ1v) is 6.01. The van der Waals surface area contributed by atoms with Crippen molar-refractivity contribution < 1.29 is 0 Å². The minimum Gasteiger partial charge on any atom is -0.303 e. The molecule has 1 saturated heterocycles. The molecule has 1 aliphatic heterocycles. The van der Waals surface area contributed by atoms with Gasteiger partial charge in [0.1, 0.15) is 5.82 Å². The third-order valence-corrected chi connectivity index (χ3v) is 2.92. The van der Waals surface area contributed by atoms with E-state index in [1.807, 2.05) is 0 Å². The van der Waals surface area contributed by atoms with E-state index in [2.05, 4.69) is 27.0 Å². The zero-order valence-electron chi connectivity index (χ0n) is 9.50. The molecule has 0 atom stereocenters.